The van der Waals surface area contributed by atoms with E-state index in [-0.39, 0.29) is 0 Å². The van der Waals surface area contributed by atoms with Crippen LogP contribution in [-0.4, -0.2) is 33.8 Å². The highest BCUT2D eigenvalue weighted by Gasteiger charge is 1.96. The summed E-state index contributed by atoms with van der Waals surface area (Å²) in [6.07, 6.45) is 4.75. The van der Waals surface area contributed by atoms with E-state index in [2.05, 4.69) is 20.4 Å². The van der Waals surface area contributed by atoms with Gasteiger partial charge in [-0.25, -0.2) is 4.98 Å². The van der Waals surface area contributed by atoms with E-state index in [1.807, 2.05) is 0 Å². The number of H-pyrrole nitrogens is 1. The molecule has 3 N–H and O–H groups in total. The fraction of sp³-hybridized carbons (Fsp3) is 0.286. The lowest BCUT2D eigenvalue weighted by Crippen LogP contribution is -2.26. The van der Waals surface area contributed by atoms with Gasteiger partial charge in [-0.3, -0.25) is 4.79 Å². The van der Waals surface area contributed by atoms with Crippen molar-refractivity contribution in [3.8, 4) is 0 Å². The van der Waals surface area contributed by atoms with Gasteiger partial charge >= 0.3 is 0 Å². The number of rotatable bonds is 4. The summed E-state index contributed by atoms with van der Waals surface area (Å²) in [5.74, 6) is -0.415. The Morgan fingerprint density at radius 1 is 1.85 bits per heavy atom. The minimum atomic E-state index is -0.415. The normalized spacial score (nSPS) is 10.5. The molecule has 0 unspecified atom stereocenters. The van der Waals surface area contributed by atoms with Crippen LogP contribution in [0.25, 0.3) is 0 Å². The lowest BCUT2D eigenvalue weighted by molar-refractivity contribution is -0.114. The molecule has 1 aromatic rings. The van der Waals surface area contributed by atoms with Crippen LogP contribution in [0.5, 0.6) is 0 Å². The summed E-state index contributed by atoms with van der Waals surface area (Å²) < 4.78 is 0. The molecular formula is C7H10N4O2. The predicted octanol–water partition coefficient (Wildman–Crippen LogP) is -0.472. The van der Waals surface area contributed by atoms with Crippen molar-refractivity contribution in [3.05, 3.63) is 18.2 Å². The minimum absolute atomic E-state index is 0.415. The number of oxime groups is 1. The zero-order valence-corrected chi connectivity index (χ0v) is 6.90. The molecule has 6 nitrogen and oxygen atoms in total. The lowest BCUT2D eigenvalue weighted by Gasteiger charge is -1.98. The number of imidazole rings is 1. The fourth-order valence-electron chi connectivity index (χ4n) is 0.840. The van der Waals surface area contributed by atoms with Gasteiger partial charge in [0.25, 0.3) is 5.91 Å². The van der Waals surface area contributed by atoms with E-state index < -0.39 is 5.91 Å². The number of aromatic amines is 1. The second-order valence-corrected chi connectivity index (χ2v) is 2.36. The highest BCUT2D eigenvalue weighted by atomic mass is 16.4. The van der Waals surface area contributed by atoms with Crippen molar-refractivity contribution in [2.45, 2.75) is 6.42 Å². The van der Waals surface area contributed by atoms with Gasteiger partial charge in [0, 0.05) is 24.9 Å². The summed E-state index contributed by atoms with van der Waals surface area (Å²) in [6, 6.07) is 0. The summed E-state index contributed by atoms with van der Waals surface area (Å²) in [5, 5.41) is 13.1. The van der Waals surface area contributed by atoms with Gasteiger partial charge in [0.2, 0.25) is 0 Å². The SMILES string of the molecule is O=C(C=NO)NCCc1cnc[nH]1. The van der Waals surface area contributed by atoms with Crippen molar-refractivity contribution >= 4 is 12.1 Å². The molecule has 0 spiro atoms. The Hall–Kier alpha value is -1.85. The molecule has 0 fully saturated rings. The van der Waals surface area contributed by atoms with Crippen molar-refractivity contribution < 1.29 is 10.0 Å². The molecular weight excluding hydrogens is 172 g/mol. The van der Waals surface area contributed by atoms with Gasteiger partial charge in [-0.2, -0.15) is 0 Å². The molecule has 1 aromatic heterocycles. The number of hydrogen-bond acceptors (Lipinski definition) is 4. The number of amides is 1. The van der Waals surface area contributed by atoms with Crippen LogP contribution < -0.4 is 5.32 Å². The van der Waals surface area contributed by atoms with E-state index in [9.17, 15) is 4.79 Å². The zero-order chi connectivity index (χ0) is 9.52. The second-order valence-electron chi connectivity index (χ2n) is 2.36. The molecule has 0 radical (unpaired) electrons. The Morgan fingerprint density at radius 2 is 2.69 bits per heavy atom. The molecule has 13 heavy (non-hydrogen) atoms. The summed E-state index contributed by atoms with van der Waals surface area (Å²) in [7, 11) is 0. The van der Waals surface area contributed by atoms with Crippen LogP contribution in [-0.2, 0) is 11.2 Å². The van der Waals surface area contributed by atoms with Crippen molar-refractivity contribution in [2.75, 3.05) is 6.54 Å². The van der Waals surface area contributed by atoms with Gasteiger partial charge in [0.15, 0.2) is 0 Å². The quantitative estimate of drug-likeness (QED) is 0.334. The molecule has 0 bridgehead atoms. The van der Waals surface area contributed by atoms with Crippen LogP contribution >= 0.6 is 0 Å². The Kier molecular flexibility index (Phi) is 3.49. The Bertz CT molecular complexity index is 281. The lowest BCUT2D eigenvalue weighted by atomic mass is 10.3. The highest BCUT2D eigenvalue weighted by Crippen LogP contribution is 1.89. The number of carbonyl (C=O) groups excluding carboxylic acids is 1. The minimum Gasteiger partial charge on any atom is -0.411 e. The molecule has 70 valence electrons. The average Bonchev–Trinajstić information content (AvgIpc) is 2.57. The first kappa shape index (κ1) is 9.24. The van der Waals surface area contributed by atoms with Crippen molar-refractivity contribution in [1.82, 2.24) is 15.3 Å². The first-order valence-corrected chi connectivity index (χ1v) is 3.75. The van der Waals surface area contributed by atoms with Crippen molar-refractivity contribution in [2.24, 2.45) is 5.16 Å². The molecule has 0 aliphatic heterocycles. The molecule has 6 heteroatoms. The van der Waals surface area contributed by atoms with Crippen LogP contribution in [0.2, 0.25) is 0 Å². The first-order valence-electron chi connectivity index (χ1n) is 3.75. The number of hydrogen-bond donors (Lipinski definition) is 3. The first-order chi connectivity index (χ1) is 6.33. The topological polar surface area (TPSA) is 90.4 Å². The van der Waals surface area contributed by atoms with E-state index >= 15 is 0 Å². The van der Waals surface area contributed by atoms with E-state index in [1.165, 1.54) is 0 Å². The maximum atomic E-state index is 10.7. The van der Waals surface area contributed by atoms with Crippen LogP contribution in [0.4, 0.5) is 0 Å². The number of nitrogens with zero attached hydrogens (tertiary/aromatic N) is 2. The summed E-state index contributed by atoms with van der Waals surface area (Å²) in [4.78, 5) is 17.4. The van der Waals surface area contributed by atoms with Crippen LogP contribution in [0, 0.1) is 0 Å². The second kappa shape index (κ2) is 4.91. The average molecular weight is 182 g/mol. The predicted molar refractivity (Wildman–Crippen MR) is 45.6 cm³/mol. The molecule has 0 aromatic carbocycles. The third-order valence-electron chi connectivity index (χ3n) is 1.42. The van der Waals surface area contributed by atoms with E-state index in [4.69, 9.17) is 5.21 Å². The Labute approximate surface area is 74.7 Å². The molecule has 0 saturated heterocycles. The number of carbonyl (C=O) groups is 1. The molecule has 1 heterocycles. The third-order valence-corrected chi connectivity index (χ3v) is 1.42. The standard InChI is InChI=1S/C7H10N4O2/c12-7(4-11-13)9-2-1-6-3-8-5-10-6/h3-5,13H,1-2H2,(H,8,10)(H,9,12). The van der Waals surface area contributed by atoms with Gasteiger partial charge < -0.3 is 15.5 Å². The molecule has 0 saturated carbocycles. The van der Waals surface area contributed by atoms with Crippen LogP contribution in [0.15, 0.2) is 17.7 Å². The number of nitrogens with one attached hydrogen (secondary N) is 2. The van der Waals surface area contributed by atoms with Crippen molar-refractivity contribution in [1.29, 1.82) is 0 Å². The number of aromatic nitrogens is 2. The molecule has 0 atom stereocenters. The fourth-order valence-corrected chi connectivity index (χ4v) is 0.840. The smallest absolute Gasteiger partial charge is 0.265 e. The van der Waals surface area contributed by atoms with Gasteiger partial charge in [0.05, 0.1) is 6.33 Å². The Balaban J connectivity index is 2.18. The molecule has 1 amide bonds. The summed E-state index contributed by atoms with van der Waals surface area (Å²) >= 11 is 0. The van der Waals surface area contributed by atoms with E-state index in [1.54, 1.807) is 12.5 Å². The largest absolute Gasteiger partial charge is 0.411 e. The summed E-state index contributed by atoms with van der Waals surface area (Å²) in [6.45, 7) is 0.479. The van der Waals surface area contributed by atoms with E-state index in [0.29, 0.717) is 13.0 Å². The van der Waals surface area contributed by atoms with Gasteiger partial charge in [-0.05, 0) is 0 Å². The van der Waals surface area contributed by atoms with E-state index in [0.717, 1.165) is 11.9 Å². The van der Waals surface area contributed by atoms with Crippen LogP contribution in [0.3, 0.4) is 0 Å². The molecule has 1 rings (SSSR count). The van der Waals surface area contributed by atoms with Crippen LogP contribution in [0.1, 0.15) is 5.69 Å². The van der Waals surface area contributed by atoms with Gasteiger partial charge in [-0.15, -0.1) is 0 Å². The molecule has 0 aliphatic rings. The maximum absolute atomic E-state index is 10.7. The highest BCUT2D eigenvalue weighted by molar-refractivity contribution is 6.25. The van der Waals surface area contributed by atoms with Crippen molar-refractivity contribution in [3.63, 3.8) is 0 Å². The van der Waals surface area contributed by atoms with Gasteiger partial charge in [-0.1, -0.05) is 5.16 Å². The zero-order valence-electron chi connectivity index (χ0n) is 6.90. The Morgan fingerprint density at radius 3 is 3.31 bits per heavy atom. The molecule has 0 aliphatic carbocycles. The third kappa shape index (κ3) is 3.37. The van der Waals surface area contributed by atoms with Gasteiger partial charge in [0.1, 0.15) is 6.21 Å². The maximum Gasteiger partial charge on any atom is 0.265 e. The summed E-state index contributed by atoms with van der Waals surface area (Å²) in [5.41, 5.74) is 0.946. The monoisotopic (exact) mass is 182 g/mol.